The Balaban J connectivity index is 1.32. The Labute approximate surface area is 225 Å². The summed E-state index contributed by atoms with van der Waals surface area (Å²) in [5.41, 5.74) is 2.57. The zero-order chi connectivity index (χ0) is 26.9. The molecule has 38 heavy (non-hydrogen) atoms. The summed E-state index contributed by atoms with van der Waals surface area (Å²) in [5, 5.41) is 8.96. The maximum atomic E-state index is 12.8. The monoisotopic (exact) mass is 532 g/mol. The molecule has 8 nitrogen and oxygen atoms in total. The van der Waals surface area contributed by atoms with Crippen LogP contribution in [0, 0.1) is 6.92 Å². The highest BCUT2D eigenvalue weighted by Crippen LogP contribution is 2.26. The number of carbonyl (C=O) groups is 2. The molecule has 0 aliphatic rings. The van der Waals surface area contributed by atoms with E-state index < -0.39 is 12.5 Å². The second kappa shape index (κ2) is 12.8. The summed E-state index contributed by atoms with van der Waals surface area (Å²) in [6.07, 6.45) is 0.591. The molecule has 9 heteroatoms. The van der Waals surface area contributed by atoms with E-state index in [1.54, 1.807) is 43.5 Å². The number of amides is 1. The summed E-state index contributed by atoms with van der Waals surface area (Å²) >= 11 is 0.975. The summed E-state index contributed by atoms with van der Waals surface area (Å²) in [6, 6.07) is 24.0. The van der Waals surface area contributed by atoms with Gasteiger partial charge in [-0.2, -0.15) is 0 Å². The molecule has 4 rings (SSSR count). The topological polar surface area (TPSA) is 102 Å². The molecule has 0 saturated carbocycles. The smallest absolute Gasteiger partial charge is 0.323 e. The van der Waals surface area contributed by atoms with Gasteiger partial charge in [0.25, 0.3) is 5.24 Å². The van der Waals surface area contributed by atoms with E-state index >= 15 is 0 Å². The molecule has 0 unspecified atom stereocenters. The highest BCUT2D eigenvalue weighted by Gasteiger charge is 2.19. The van der Waals surface area contributed by atoms with Crippen LogP contribution in [0.2, 0.25) is 0 Å². The van der Waals surface area contributed by atoms with Crippen LogP contribution in [0.4, 0.5) is 4.79 Å². The van der Waals surface area contributed by atoms with Crippen LogP contribution in [0.15, 0.2) is 88.2 Å². The van der Waals surface area contributed by atoms with Gasteiger partial charge >= 0.3 is 5.97 Å². The number of methoxy groups -OCH3 is 1. The van der Waals surface area contributed by atoms with Crippen LogP contribution in [-0.4, -0.2) is 46.5 Å². The molecule has 0 aliphatic carbocycles. The number of aliphatic carboxylic acids is 1. The number of carbonyl (C=O) groups excluding carboxylic acids is 1. The summed E-state index contributed by atoms with van der Waals surface area (Å²) < 4.78 is 16.8. The number of aromatic nitrogens is 1. The number of oxazole rings is 1. The minimum atomic E-state index is -1.08. The van der Waals surface area contributed by atoms with Crippen molar-refractivity contribution >= 4 is 23.0 Å². The normalized spacial score (nSPS) is 10.7. The van der Waals surface area contributed by atoms with Crippen molar-refractivity contribution in [3.8, 4) is 23.0 Å². The van der Waals surface area contributed by atoms with Gasteiger partial charge in [0.2, 0.25) is 5.89 Å². The van der Waals surface area contributed by atoms with Crippen molar-refractivity contribution in [1.29, 1.82) is 0 Å². The van der Waals surface area contributed by atoms with E-state index in [9.17, 15) is 14.7 Å². The van der Waals surface area contributed by atoms with Crippen molar-refractivity contribution in [2.45, 2.75) is 24.8 Å². The Hall–Kier alpha value is -4.24. The number of thioether (sulfide) groups is 1. The minimum Gasteiger partial charge on any atom is -0.497 e. The number of aryl methyl sites for hydroxylation is 1. The summed E-state index contributed by atoms with van der Waals surface area (Å²) in [6.45, 7) is 2.07. The first-order valence-corrected chi connectivity index (χ1v) is 12.8. The highest BCUT2D eigenvalue weighted by molar-refractivity contribution is 8.13. The number of carboxylic acid groups (broad SMARTS) is 1. The van der Waals surface area contributed by atoms with E-state index in [0.29, 0.717) is 35.3 Å². The maximum absolute atomic E-state index is 12.8. The zero-order valence-corrected chi connectivity index (χ0v) is 21.9. The van der Waals surface area contributed by atoms with Crippen molar-refractivity contribution < 1.29 is 28.6 Å². The van der Waals surface area contributed by atoms with E-state index in [1.807, 2.05) is 49.4 Å². The van der Waals surface area contributed by atoms with Crippen LogP contribution in [0.1, 0.15) is 17.0 Å². The van der Waals surface area contributed by atoms with Crippen LogP contribution < -0.4 is 9.47 Å². The highest BCUT2D eigenvalue weighted by atomic mass is 32.2. The summed E-state index contributed by atoms with van der Waals surface area (Å²) in [4.78, 5) is 30.8. The van der Waals surface area contributed by atoms with Crippen molar-refractivity contribution in [3.63, 3.8) is 0 Å². The van der Waals surface area contributed by atoms with E-state index in [1.165, 1.54) is 4.90 Å². The fourth-order valence-corrected chi connectivity index (χ4v) is 4.43. The number of carboxylic acids is 1. The molecule has 0 fully saturated rings. The molecule has 1 heterocycles. The van der Waals surface area contributed by atoms with Crippen molar-refractivity contribution in [1.82, 2.24) is 9.88 Å². The van der Waals surface area contributed by atoms with Gasteiger partial charge in [0, 0.05) is 23.4 Å². The number of ether oxygens (including phenoxy) is 2. The zero-order valence-electron chi connectivity index (χ0n) is 21.1. The van der Waals surface area contributed by atoms with Crippen LogP contribution in [0.25, 0.3) is 11.5 Å². The van der Waals surface area contributed by atoms with Gasteiger partial charge in [-0.3, -0.25) is 9.59 Å². The fourth-order valence-electron chi connectivity index (χ4n) is 3.70. The van der Waals surface area contributed by atoms with Crippen LogP contribution in [-0.2, 0) is 17.8 Å². The van der Waals surface area contributed by atoms with Gasteiger partial charge in [-0.1, -0.05) is 30.3 Å². The Morgan fingerprint density at radius 2 is 1.66 bits per heavy atom. The number of rotatable bonds is 11. The van der Waals surface area contributed by atoms with Crippen LogP contribution >= 0.6 is 11.8 Å². The van der Waals surface area contributed by atoms with Crippen molar-refractivity contribution in [2.24, 2.45) is 0 Å². The number of hydrogen-bond donors (Lipinski definition) is 1. The molecule has 4 aromatic rings. The third-order valence-electron chi connectivity index (χ3n) is 5.67. The Morgan fingerprint density at radius 3 is 2.32 bits per heavy atom. The van der Waals surface area contributed by atoms with Crippen LogP contribution in [0.3, 0.4) is 0 Å². The SMILES string of the molecule is COc1ccc(SC(=O)N(CC(=O)O)Cc2ccc(OCCc3nc(-c4ccccc4)oc3C)cc2)cc1. The maximum Gasteiger partial charge on any atom is 0.323 e. The molecule has 0 radical (unpaired) electrons. The van der Waals surface area contributed by atoms with Gasteiger partial charge in [-0.05, 0) is 72.8 Å². The molecule has 0 atom stereocenters. The molecule has 1 N–H and O–H groups in total. The molecule has 196 valence electrons. The Kier molecular flexibility index (Phi) is 9.05. The second-order valence-corrected chi connectivity index (χ2v) is 9.45. The minimum absolute atomic E-state index is 0.162. The first-order valence-electron chi connectivity index (χ1n) is 12.0. The van der Waals surface area contributed by atoms with Gasteiger partial charge < -0.3 is 23.9 Å². The fraction of sp³-hybridized carbons (Fsp3) is 0.207. The van der Waals surface area contributed by atoms with Gasteiger partial charge in [0.05, 0.1) is 19.4 Å². The standard InChI is InChI=1S/C29H28N2O6S/c1-20-26(30-28(37-20)22-6-4-3-5-7-22)16-17-36-24-10-8-21(9-11-24)18-31(19-27(32)33)29(34)38-25-14-12-23(35-2)13-15-25/h3-15H,16-19H2,1-2H3,(H,32,33). The molecular formula is C29H28N2O6S. The van der Waals surface area contributed by atoms with Crippen LogP contribution in [0.5, 0.6) is 11.5 Å². The molecule has 1 aromatic heterocycles. The lowest BCUT2D eigenvalue weighted by Crippen LogP contribution is -2.32. The Bertz CT molecular complexity index is 1350. The van der Waals surface area contributed by atoms with E-state index in [0.717, 1.165) is 34.3 Å². The summed E-state index contributed by atoms with van der Waals surface area (Å²) in [7, 11) is 1.57. The first kappa shape index (κ1) is 26.8. The number of nitrogens with zero attached hydrogens (tertiary/aromatic N) is 2. The van der Waals surface area contributed by atoms with E-state index in [-0.39, 0.29) is 11.8 Å². The lowest BCUT2D eigenvalue weighted by Gasteiger charge is -2.20. The van der Waals surface area contributed by atoms with E-state index in [4.69, 9.17) is 13.9 Å². The number of benzene rings is 3. The molecule has 1 amide bonds. The molecule has 0 bridgehead atoms. The third-order valence-corrected chi connectivity index (χ3v) is 6.61. The molecule has 0 aliphatic heterocycles. The van der Waals surface area contributed by atoms with Crippen molar-refractivity contribution in [3.05, 3.63) is 95.9 Å². The molecule has 3 aromatic carbocycles. The average Bonchev–Trinajstić information content (AvgIpc) is 3.30. The van der Waals surface area contributed by atoms with Gasteiger partial charge in [0.15, 0.2) is 0 Å². The quantitative estimate of drug-likeness (QED) is 0.232. The van der Waals surface area contributed by atoms with Gasteiger partial charge in [-0.25, -0.2) is 4.98 Å². The predicted molar refractivity (Wildman–Crippen MR) is 145 cm³/mol. The lowest BCUT2D eigenvalue weighted by atomic mass is 10.2. The van der Waals surface area contributed by atoms with Crippen molar-refractivity contribution in [2.75, 3.05) is 20.3 Å². The average molecular weight is 533 g/mol. The van der Waals surface area contributed by atoms with Gasteiger partial charge in [0.1, 0.15) is 23.8 Å². The first-order chi connectivity index (χ1) is 18.4. The lowest BCUT2D eigenvalue weighted by molar-refractivity contribution is -0.137. The van der Waals surface area contributed by atoms with E-state index in [2.05, 4.69) is 4.98 Å². The summed E-state index contributed by atoms with van der Waals surface area (Å²) in [5.74, 6) is 1.63. The third kappa shape index (κ3) is 7.39. The number of hydrogen-bond acceptors (Lipinski definition) is 7. The Morgan fingerprint density at radius 1 is 0.974 bits per heavy atom. The largest absolute Gasteiger partial charge is 0.497 e. The molecular weight excluding hydrogens is 504 g/mol. The molecule has 0 spiro atoms. The van der Waals surface area contributed by atoms with Gasteiger partial charge in [-0.15, -0.1) is 0 Å². The molecule has 0 saturated heterocycles. The predicted octanol–water partition coefficient (Wildman–Crippen LogP) is 6.08. The second-order valence-electron chi connectivity index (χ2n) is 8.42.